The van der Waals surface area contributed by atoms with Crippen molar-refractivity contribution in [1.82, 2.24) is 14.3 Å². The van der Waals surface area contributed by atoms with E-state index in [9.17, 15) is 8.78 Å². The van der Waals surface area contributed by atoms with Crippen molar-refractivity contribution in [2.45, 2.75) is 11.8 Å². The molecule has 0 radical (unpaired) electrons. The zero-order valence-corrected chi connectivity index (χ0v) is 14.6. The molecule has 0 N–H and O–H groups in total. The molecular formula is C17H12ClF2N3OS. The molecule has 128 valence electrons. The molecule has 0 unspecified atom stereocenters. The van der Waals surface area contributed by atoms with Gasteiger partial charge in [0, 0.05) is 29.3 Å². The molecule has 3 aromatic rings. The first-order valence-electron chi connectivity index (χ1n) is 7.44. The topological polar surface area (TPSA) is 35.3 Å². The highest BCUT2D eigenvalue weighted by Crippen LogP contribution is 2.59. The van der Waals surface area contributed by atoms with E-state index in [1.165, 1.54) is 23.1 Å². The van der Waals surface area contributed by atoms with Gasteiger partial charge >= 0.3 is 0 Å². The third-order valence-corrected chi connectivity index (χ3v) is 5.09. The van der Waals surface area contributed by atoms with Crippen molar-refractivity contribution in [3.05, 3.63) is 81.3 Å². The second-order valence-corrected chi connectivity index (χ2v) is 6.52. The van der Waals surface area contributed by atoms with Crippen molar-refractivity contribution in [3.8, 4) is 0 Å². The summed E-state index contributed by atoms with van der Waals surface area (Å²) in [4.78, 5) is 0. The van der Waals surface area contributed by atoms with Gasteiger partial charge in [0.1, 0.15) is 24.1 Å². The van der Waals surface area contributed by atoms with Gasteiger partial charge < -0.3 is 4.74 Å². The van der Waals surface area contributed by atoms with E-state index in [0.717, 1.165) is 6.07 Å². The lowest BCUT2D eigenvalue weighted by atomic mass is 9.98. The van der Waals surface area contributed by atoms with Crippen molar-refractivity contribution in [3.63, 3.8) is 0 Å². The van der Waals surface area contributed by atoms with Crippen LogP contribution in [0.25, 0.3) is 0 Å². The summed E-state index contributed by atoms with van der Waals surface area (Å²) in [6.07, 6.45) is 0.902. The minimum absolute atomic E-state index is 0.169. The Kier molecular flexibility index (Phi) is 3.75. The Morgan fingerprint density at radius 3 is 2.64 bits per heavy atom. The summed E-state index contributed by atoms with van der Waals surface area (Å²) < 4.78 is 37.3. The Hall–Kier alpha value is -2.09. The average molecular weight is 380 g/mol. The first kappa shape index (κ1) is 16.4. The maximum Gasteiger partial charge on any atom is 0.208 e. The van der Waals surface area contributed by atoms with Gasteiger partial charge in [0.05, 0.1) is 0 Å². The van der Waals surface area contributed by atoms with E-state index in [4.69, 9.17) is 28.6 Å². The van der Waals surface area contributed by atoms with Crippen LogP contribution in [0.5, 0.6) is 0 Å². The first-order chi connectivity index (χ1) is 11.9. The Morgan fingerprint density at radius 1 is 1.24 bits per heavy atom. The van der Waals surface area contributed by atoms with E-state index in [2.05, 4.69) is 5.10 Å². The first-order valence-corrected chi connectivity index (χ1v) is 8.22. The smallest absolute Gasteiger partial charge is 0.208 e. The van der Waals surface area contributed by atoms with Crippen LogP contribution < -0.4 is 0 Å². The molecule has 2 aromatic carbocycles. The molecule has 1 fully saturated rings. The van der Waals surface area contributed by atoms with Crippen LogP contribution in [0.2, 0.25) is 5.02 Å². The van der Waals surface area contributed by atoms with Gasteiger partial charge in [-0.2, -0.15) is 5.10 Å². The van der Waals surface area contributed by atoms with Crippen LogP contribution in [0.3, 0.4) is 0 Å². The Labute approximate surface area is 152 Å². The van der Waals surface area contributed by atoms with Crippen LogP contribution >= 0.6 is 23.8 Å². The SMILES string of the molecule is Cn1ncn([C@]2(c3ccc(F)cc3F)O[C@@H]2c2ccccc2Cl)c1=S. The Bertz CT molecular complexity index is 1030. The predicted octanol–water partition coefficient (Wildman–Crippen LogP) is 4.36. The lowest BCUT2D eigenvalue weighted by Crippen LogP contribution is -2.23. The minimum Gasteiger partial charge on any atom is -0.334 e. The van der Waals surface area contributed by atoms with Crippen molar-refractivity contribution in [2.24, 2.45) is 7.05 Å². The maximum atomic E-state index is 14.6. The van der Waals surface area contributed by atoms with Crippen molar-refractivity contribution >= 4 is 23.8 Å². The van der Waals surface area contributed by atoms with Gasteiger partial charge in [-0.25, -0.2) is 13.5 Å². The molecule has 1 aliphatic rings. The van der Waals surface area contributed by atoms with Crippen LogP contribution in [0.15, 0.2) is 48.8 Å². The van der Waals surface area contributed by atoms with E-state index in [1.807, 2.05) is 6.07 Å². The number of hydrogen-bond acceptors (Lipinski definition) is 3. The van der Waals surface area contributed by atoms with Gasteiger partial charge in [-0.15, -0.1) is 0 Å². The van der Waals surface area contributed by atoms with Gasteiger partial charge in [0.2, 0.25) is 5.72 Å². The number of rotatable bonds is 3. The summed E-state index contributed by atoms with van der Waals surface area (Å²) in [5.74, 6) is -1.39. The number of aromatic nitrogens is 3. The molecule has 1 saturated heterocycles. The van der Waals surface area contributed by atoms with Crippen LogP contribution in [-0.4, -0.2) is 14.3 Å². The van der Waals surface area contributed by atoms with Gasteiger partial charge in [0.15, 0.2) is 4.77 Å². The van der Waals surface area contributed by atoms with E-state index in [0.29, 0.717) is 15.4 Å². The molecule has 2 heterocycles. The summed E-state index contributed by atoms with van der Waals surface area (Å²) in [7, 11) is 1.68. The molecule has 1 aliphatic heterocycles. The molecule has 4 rings (SSSR count). The summed E-state index contributed by atoms with van der Waals surface area (Å²) >= 11 is 11.7. The highest BCUT2D eigenvalue weighted by molar-refractivity contribution is 7.71. The van der Waals surface area contributed by atoms with Crippen LogP contribution in [0, 0.1) is 16.4 Å². The summed E-state index contributed by atoms with van der Waals surface area (Å²) in [6.45, 7) is 0. The molecular weight excluding hydrogens is 368 g/mol. The molecule has 1 aromatic heterocycles. The molecule has 0 saturated carbocycles. The Balaban J connectivity index is 1.94. The number of halogens is 3. The molecule has 25 heavy (non-hydrogen) atoms. The molecule has 0 amide bonds. The quantitative estimate of drug-likeness (QED) is 0.501. The van der Waals surface area contributed by atoms with E-state index in [1.54, 1.807) is 29.8 Å². The van der Waals surface area contributed by atoms with Crippen LogP contribution in [0.1, 0.15) is 17.2 Å². The van der Waals surface area contributed by atoms with E-state index < -0.39 is 23.5 Å². The fourth-order valence-corrected chi connectivity index (χ4v) is 3.48. The minimum atomic E-state index is -1.26. The second kappa shape index (κ2) is 5.72. The molecule has 2 atom stereocenters. The average Bonchev–Trinajstić information content (AvgIpc) is 3.21. The van der Waals surface area contributed by atoms with Crippen molar-refractivity contribution in [1.29, 1.82) is 0 Å². The highest BCUT2D eigenvalue weighted by Gasteiger charge is 2.63. The number of nitrogens with zero attached hydrogens (tertiary/aromatic N) is 3. The van der Waals surface area contributed by atoms with Gasteiger partial charge in [-0.1, -0.05) is 29.8 Å². The zero-order valence-electron chi connectivity index (χ0n) is 13.0. The van der Waals surface area contributed by atoms with E-state index >= 15 is 0 Å². The van der Waals surface area contributed by atoms with Crippen LogP contribution in [0.4, 0.5) is 8.78 Å². The van der Waals surface area contributed by atoms with Gasteiger partial charge in [0.25, 0.3) is 0 Å². The molecule has 0 spiro atoms. The second-order valence-electron chi connectivity index (χ2n) is 5.75. The largest absolute Gasteiger partial charge is 0.334 e. The predicted molar refractivity (Wildman–Crippen MR) is 90.7 cm³/mol. The lowest BCUT2D eigenvalue weighted by molar-refractivity contribution is 0.253. The van der Waals surface area contributed by atoms with Crippen LogP contribution in [-0.2, 0) is 17.5 Å². The monoisotopic (exact) mass is 379 g/mol. The number of ether oxygens (including phenoxy) is 1. The third kappa shape index (κ3) is 2.42. The summed E-state index contributed by atoms with van der Waals surface area (Å²) in [6, 6.07) is 10.5. The number of hydrogen-bond donors (Lipinski definition) is 0. The normalized spacial score (nSPS) is 22.2. The van der Waals surface area contributed by atoms with Crippen molar-refractivity contribution < 1.29 is 13.5 Å². The lowest BCUT2D eigenvalue weighted by Gasteiger charge is -2.16. The summed E-state index contributed by atoms with van der Waals surface area (Å²) in [5.41, 5.74) is -0.393. The highest BCUT2D eigenvalue weighted by atomic mass is 35.5. The number of epoxide rings is 1. The third-order valence-electron chi connectivity index (χ3n) is 4.28. The van der Waals surface area contributed by atoms with Gasteiger partial charge in [-0.05, 0) is 30.4 Å². The fraction of sp³-hybridized carbons (Fsp3) is 0.176. The standard InChI is InChI=1S/C17H12ClF2N3OS/c1-22-16(25)23(9-21-22)17(12-7-6-10(19)8-14(12)20)15(24-17)11-4-2-3-5-13(11)18/h2-9,15H,1H3/t15-,17-/m1/s1. The number of benzene rings is 2. The maximum absolute atomic E-state index is 14.6. The Morgan fingerprint density at radius 2 is 2.00 bits per heavy atom. The molecule has 4 nitrogen and oxygen atoms in total. The molecule has 8 heteroatoms. The molecule has 0 aliphatic carbocycles. The fourth-order valence-electron chi connectivity index (χ4n) is 3.02. The van der Waals surface area contributed by atoms with Crippen molar-refractivity contribution in [2.75, 3.05) is 0 Å². The summed E-state index contributed by atoms with van der Waals surface area (Å²) in [5, 5.41) is 4.60. The van der Waals surface area contributed by atoms with E-state index in [-0.39, 0.29) is 5.56 Å². The number of aryl methyl sites for hydroxylation is 1. The van der Waals surface area contributed by atoms with Gasteiger partial charge in [-0.3, -0.25) is 4.57 Å². The molecule has 0 bridgehead atoms. The zero-order chi connectivity index (χ0) is 17.8.